The highest BCUT2D eigenvalue weighted by Gasteiger charge is 2.17. The monoisotopic (exact) mass is 253 g/mol. The van der Waals surface area contributed by atoms with E-state index in [0.29, 0.717) is 0 Å². The van der Waals surface area contributed by atoms with E-state index in [1.807, 2.05) is 18.7 Å². The fraction of sp³-hybridized carbons (Fsp3) is 0.643. The molecule has 17 heavy (non-hydrogen) atoms. The van der Waals surface area contributed by atoms with Gasteiger partial charge in [0.1, 0.15) is 0 Å². The van der Waals surface area contributed by atoms with Gasteiger partial charge < -0.3 is 4.90 Å². The second-order valence-corrected chi connectivity index (χ2v) is 5.28. The lowest BCUT2D eigenvalue weighted by molar-refractivity contribution is 0.0778. The van der Waals surface area contributed by atoms with Crippen molar-refractivity contribution in [3.05, 3.63) is 21.4 Å². The molecule has 0 aromatic carbocycles. The third-order valence-electron chi connectivity index (χ3n) is 3.02. The van der Waals surface area contributed by atoms with Gasteiger partial charge in [0.25, 0.3) is 5.91 Å². The number of nitrogens with zero attached hydrogens (tertiary/aromatic N) is 1. The molecule has 0 bridgehead atoms. The molecule has 3 heteroatoms. The molecule has 1 amide bonds. The summed E-state index contributed by atoms with van der Waals surface area (Å²) < 4.78 is 0. The Morgan fingerprint density at radius 1 is 1.24 bits per heavy atom. The Balaban J connectivity index is 2.94. The second-order valence-electron chi connectivity index (χ2n) is 4.14. The molecule has 0 N–H and O–H groups in total. The maximum Gasteiger partial charge on any atom is 0.263 e. The second kappa shape index (κ2) is 6.80. The van der Waals surface area contributed by atoms with Crippen LogP contribution in [0.5, 0.6) is 0 Å². The summed E-state index contributed by atoms with van der Waals surface area (Å²) in [5.74, 6) is 0.192. The van der Waals surface area contributed by atoms with Crippen LogP contribution in [-0.2, 0) is 12.8 Å². The summed E-state index contributed by atoms with van der Waals surface area (Å²) in [6, 6.07) is 2.09. The molecule has 1 rings (SSSR count). The largest absolute Gasteiger partial charge is 0.339 e. The highest BCUT2D eigenvalue weighted by Crippen LogP contribution is 2.25. The first kappa shape index (κ1) is 14.2. The Hall–Kier alpha value is -0.830. The number of amides is 1. The van der Waals surface area contributed by atoms with Crippen LogP contribution in [0.15, 0.2) is 6.07 Å². The van der Waals surface area contributed by atoms with Crippen molar-refractivity contribution < 1.29 is 4.79 Å². The van der Waals surface area contributed by atoms with Crippen molar-refractivity contribution in [2.75, 3.05) is 13.1 Å². The molecule has 0 aliphatic heterocycles. The SMILES string of the molecule is CCCc1sc(C(=O)N(CC)CC)cc1CC. The van der Waals surface area contributed by atoms with Crippen LogP contribution in [0.1, 0.15) is 54.2 Å². The quantitative estimate of drug-likeness (QED) is 0.756. The number of carbonyl (C=O) groups excluding carboxylic acids is 1. The Labute approximate surface area is 109 Å². The van der Waals surface area contributed by atoms with Crippen LogP contribution in [0, 0.1) is 0 Å². The average molecular weight is 253 g/mol. The summed E-state index contributed by atoms with van der Waals surface area (Å²) in [6.07, 6.45) is 3.27. The van der Waals surface area contributed by atoms with Crippen molar-refractivity contribution in [1.82, 2.24) is 4.90 Å². The highest BCUT2D eigenvalue weighted by atomic mass is 32.1. The lowest BCUT2D eigenvalue weighted by Crippen LogP contribution is -2.29. The van der Waals surface area contributed by atoms with Crippen molar-refractivity contribution >= 4 is 17.2 Å². The third kappa shape index (κ3) is 3.32. The predicted molar refractivity (Wildman–Crippen MR) is 74.9 cm³/mol. The number of hydrogen-bond acceptors (Lipinski definition) is 2. The van der Waals surface area contributed by atoms with Crippen molar-refractivity contribution in [3.63, 3.8) is 0 Å². The van der Waals surface area contributed by atoms with Crippen molar-refractivity contribution in [3.8, 4) is 0 Å². The van der Waals surface area contributed by atoms with Crippen molar-refractivity contribution in [1.29, 1.82) is 0 Å². The van der Waals surface area contributed by atoms with Gasteiger partial charge in [-0.05, 0) is 38.3 Å². The van der Waals surface area contributed by atoms with E-state index in [1.54, 1.807) is 11.3 Å². The molecule has 0 saturated carbocycles. The Morgan fingerprint density at radius 2 is 1.88 bits per heavy atom. The molecule has 1 aromatic rings. The van der Waals surface area contributed by atoms with Crippen molar-refractivity contribution in [2.24, 2.45) is 0 Å². The summed E-state index contributed by atoms with van der Waals surface area (Å²) in [5, 5.41) is 0. The predicted octanol–water partition coefficient (Wildman–Crippen LogP) is 3.75. The van der Waals surface area contributed by atoms with Gasteiger partial charge in [-0.15, -0.1) is 11.3 Å². The molecule has 96 valence electrons. The number of aryl methyl sites for hydroxylation is 2. The van der Waals surface area contributed by atoms with Crippen LogP contribution in [0.2, 0.25) is 0 Å². The van der Waals surface area contributed by atoms with Gasteiger partial charge in [-0.3, -0.25) is 4.79 Å². The number of hydrogen-bond donors (Lipinski definition) is 0. The molecular weight excluding hydrogens is 230 g/mol. The van der Waals surface area contributed by atoms with Gasteiger partial charge in [0, 0.05) is 18.0 Å². The van der Waals surface area contributed by atoms with E-state index in [1.165, 1.54) is 10.4 Å². The molecule has 0 spiro atoms. The van der Waals surface area contributed by atoms with Gasteiger partial charge in [0.2, 0.25) is 0 Å². The first-order chi connectivity index (χ1) is 8.17. The molecule has 0 unspecified atom stereocenters. The molecule has 0 aliphatic carbocycles. The number of carbonyl (C=O) groups is 1. The van der Waals surface area contributed by atoms with Crippen LogP contribution in [0.3, 0.4) is 0 Å². The van der Waals surface area contributed by atoms with E-state index >= 15 is 0 Å². The van der Waals surface area contributed by atoms with E-state index in [0.717, 1.165) is 37.2 Å². The Morgan fingerprint density at radius 3 is 2.35 bits per heavy atom. The lowest BCUT2D eigenvalue weighted by atomic mass is 10.1. The zero-order valence-electron chi connectivity index (χ0n) is 11.4. The average Bonchev–Trinajstić information content (AvgIpc) is 2.74. The Kier molecular flexibility index (Phi) is 5.69. The van der Waals surface area contributed by atoms with Crippen LogP contribution in [0.25, 0.3) is 0 Å². The minimum atomic E-state index is 0.192. The van der Waals surface area contributed by atoms with Crippen LogP contribution < -0.4 is 0 Å². The standard InChI is InChI=1S/C14H23NOS/c1-5-9-12-11(6-2)10-13(17-12)14(16)15(7-3)8-4/h10H,5-9H2,1-4H3. The smallest absolute Gasteiger partial charge is 0.263 e. The highest BCUT2D eigenvalue weighted by molar-refractivity contribution is 7.14. The molecule has 0 fully saturated rings. The van der Waals surface area contributed by atoms with Gasteiger partial charge in [-0.25, -0.2) is 0 Å². The molecule has 1 heterocycles. The van der Waals surface area contributed by atoms with Crippen LogP contribution >= 0.6 is 11.3 Å². The summed E-state index contributed by atoms with van der Waals surface area (Å²) in [5.41, 5.74) is 1.35. The third-order valence-corrected chi connectivity index (χ3v) is 4.24. The molecule has 0 aliphatic rings. The molecular formula is C14H23NOS. The van der Waals surface area contributed by atoms with Crippen molar-refractivity contribution in [2.45, 2.75) is 47.0 Å². The first-order valence-electron chi connectivity index (χ1n) is 6.58. The summed E-state index contributed by atoms with van der Waals surface area (Å²) >= 11 is 1.68. The number of thiophene rings is 1. The zero-order valence-corrected chi connectivity index (χ0v) is 12.2. The topological polar surface area (TPSA) is 20.3 Å². The fourth-order valence-corrected chi connectivity index (χ4v) is 3.30. The fourth-order valence-electron chi connectivity index (χ4n) is 1.98. The van der Waals surface area contributed by atoms with Crippen LogP contribution in [-0.4, -0.2) is 23.9 Å². The first-order valence-corrected chi connectivity index (χ1v) is 7.40. The van der Waals surface area contributed by atoms with Crippen LogP contribution in [0.4, 0.5) is 0 Å². The maximum atomic E-state index is 12.2. The maximum absolute atomic E-state index is 12.2. The molecule has 0 radical (unpaired) electrons. The minimum Gasteiger partial charge on any atom is -0.339 e. The summed E-state index contributed by atoms with van der Waals surface area (Å²) in [7, 11) is 0. The van der Waals surface area contributed by atoms with E-state index in [9.17, 15) is 4.79 Å². The Bertz CT molecular complexity index is 366. The molecule has 1 aromatic heterocycles. The summed E-state index contributed by atoms with van der Waals surface area (Å²) in [4.78, 5) is 16.4. The lowest BCUT2D eigenvalue weighted by Gasteiger charge is -2.17. The van der Waals surface area contributed by atoms with Gasteiger partial charge in [0.05, 0.1) is 4.88 Å². The van der Waals surface area contributed by atoms with E-state index < -0.39 is 0 Å². The minimum absolute atomic E-state index is 0.192. The zero-order chi connectivity index (χ0) is 12.8. The van der Waals surface area contributed by atoms with Gasteiger partial charge in [-0.1, -0.05) is 20.3 Å². The van der Waals surface area contributed by atoms with E-state index in [-0.39, 0.29) is 5.91 Å². The van der Waals surface area contributed by atoms with E-state index in [2.05, 4.69) is 19.9 Å². The molecule has 0 saturated heterocycles. The van der Waals surface area contributed by atoms with Gasteiger partial charge in [0.15, 0.2) is 0 Å². The number of rotatable bonds is 6. The van der Waals surface area contributed by atoms with Gasteiger partial charge >= 0.3 is 0 Å². The summed E-state index contributed by atoms with van der Waals surface area (Å²) in [6.45, 7) is 9.99. The molecule has 0 atom stereocenters. The molecule has 2 nitrogen and oxygen atoms in total. The van der Waals surface area contributed by atoms with Gasteiger partial charge in [-0.2, -0.15) is 0 Å². The normalized spacial score (nSPS) is 10.6. The van der Waals surface area contributed by atoms with E-state index in [4.69, 9.17) is 0 Å².